The summed E-state index contributed by atoms with van der Waals surface area (Å²) in [6.45, 7) is 5.34. The minimum atomic E-state index is 0.253. The number of benzene rings is 1. The molecule has 3 aliphatic rings. The van der Waals surface area contributed by atoms with E-state index in [1.165, 1.54) is 25.8 Å². The molecule has 0 spiro atoms. The van der Waals surface area contributed by atoms with Gasteiger partial charge in [0.05, 0.1) is 11.5 Å². The quantitative estimate of drug-likeness (QED) is 0.626. The van der Waals surface area contributed by atoms with Gasteiger partial charge < -0.3 is 19.5 Å². The summed E-state index contributed by atoms with van der Waals surface area (Å²) in [7, 11) is 1.78. The van der Waals surface area contributed by atoms with Gasteiger partial charge in [-0.25, -0.2) is 0 Å². The number of ether oxygens (including phenoxy) is 1. The van der Waals surface area contributed by atoms with Crippen molar-refractivity contribution in [2.45, 2.75) is 69.9 Å². The number of anilines is 1. The Bertz CT molecular complexity index is 931. The highest BCUT2D eigenvalue weighted by molar-refractivity contribution is 5.88. The molecule has 1 amide bonds. The molecule has 7 nitrogen and oxygen atoms in total. The van der Waals surface area contributed by atoms with Gasteiger partial charge >= 0.3 is 0 Å². The molecular weight excluding hydrogens is 428 g/mol. The fourth-order valence-corrected chi connectivity index (χ4v) is 6.22. The second-order valence-corrected chi connectivity index (χ2v) is 10.6. The topological polar surface area (TPSA) is 70.8 Å². The fourth-order valence-electron chi connectivity index (χ4n) is 6.22. The molecule has 3 fully saturated rings. The van der Waals surface area contributed by atoms with E-state index < -0.39 is 0 Å². The zero-order chi connectivity index (χ0) is 23.3. The number of fused-ring (bicyclic) bond motifs is 1. The Kier molecular flexibility index (Phi) is 7.70. The fraction of sp³-hybridized carbons (Fsp3) is 0.704. The van der Waals surface area contributed by atoms with E-state index in [0.717, 1.165) is 81.0 Å². The highest BCUT2D eigenvalue weighted by Gasteiger charge is 2.28. The Morgan fingerprint density at radius 2 is 1.82 bits per heavy atom. The van der Waals surface area contributed by atoms with Crippen molar-refractivity contribution in [3.8, 4) is 0 Å². The van der Waals surface area contributed by atoms with Crippen LogP contribution >= 0.6 is 0 Å². The molecule has 1 saturated heterocycles. The average Bonchev–Trinajstić information content (AvgIpc) is 3.51. The molecule has 2 aliphatic carbocycles. The molecular formula is C27H40N4O3. The Balaban J connectivity index is 0.978. The Morgan fingerprint density at radius 3 is 2.59 bits per heavy atom. The molecule has 1 N–H and O–H groups in total. The smallest absolute Gasteiger partial charge is 0.220 e. The number of para-hydroxylation sites is 1. The van der Waals surface area contributed by atoms with Crippen molar-refractivity contribution >= 4 is 22.7 Å². The summed E-state index contributed by atoms with van der Waals surface area (Å²) in [5.74, 6) is 2.54. The van der Waals surface area contributed by atoms with Crippen molar-refractivity contribution in [2.24, 2.45) is 11.8 Å². The summed E-state index contributed by atoms with van der Waals surface area (Å²) < 4.78 is 10.9. The first-order valence-corrected chi connectivity index (χ1v) is 13.3. The van der Waals surface area contributed by atoms with Gasteiger partial charge in [-0.3, -0.25) is 9.69 Å². The van der Waals surface area contributed by atoms with Gasteiger partial charge in [0.25, 0.3) is 0 Å². The summed E-state index contributed by atoms with van der Waals surface area (Å²) in [5, 5.41) is 8.76. The first kappa shape index (κ1) is 23.6. The van der Waals surface area contributed by atoms with Crippen molar-refractivity contribution in [1.82, 2.24) is 15.4 Å². The number of carbonyl (C=O) groups is 1. The van der Waals surface area contributed by atoms with Crippen LogP contribution in [0.2, 0.25) is 0 Å². The molecule has 0 radical (unpaired) electrons. The van der Waals surface area contributed by atoms with Crippen molar-refractivity contribution in [3.63, 3.8) is 0 Å². The van der Waals surface area contributed by atoms with Crippen molar-refractivity contribution in [1.29, 1.82) is 0 Å². The van der Waals surface area contributed by atoms with Gasteiger partial charge in [0.1, 0.15) is 0 Å². The van der Waals surface area contributed by atoms with E-state index in [0.29, 0.717) is 24.5 Å². The van der Waals surface area contributed by atoms with E-state index in [1.807, 2.05) is 18.2 Å². The maximum Gasteiger partial charge on any atom is 0.220 e. The summed E-state index contributed by atoms with van der Waals surface area (Å²) >= 11 is 0. The molecule has 2 heterocycles. The molecule has 1 aromatic heterocycles. The number of methoxy groups -OCH3 is 1. The van der Waals surface area contributed by atoms with E-state index in [1.54, 1.807) is 7.11 Å². The first-order valence-electron chi connectivity index (χ1n) is 13.3. The number of amides is 1. The molecule has 186 valence electrons. The second kappa shape index (κ2) is 11.1. The maximum atomic E-state index is 12.5. The summed E-state index contributed by atoms with van der Waals surface area (Å²) in [6.07, 6.45) is 10.3. The monoisotopic (exact) mass is 468 g/mol. The van der Waals surface area contributed by atoms with Gasteiger partial charge in [-0.15, -0.1) is 0 Å². The highest BCUT2D eigenvalue weighted by atomic mass is 16.5. The van der Waals surface area contributed by atoms with Crippen LogP contribution in [0.4, 0.5) is 5.82 Å². The van der Waals surface area contributed by atoms with Crippen LogP contribution < -0.4 is 10.2 Å². The highest BCUT2D eigenvalue weighted by Crippen LogP contribution is 2.31. The molecule has 1 aliphatic heterocycles. The van der Waals surface area contributed by atoms with Crippen LogP contribution in [0.1, 0.15) is 57.8 Å². The number of hydrogen-bond donors (Lipinski definition) is 1. The first-order chi connectivity index (χ1) is 16.7. The Hall–Kier alpha value is -2.12. The van der Waals surface area contributed by atoms with E-state index in [9.17, 15) is 4.79 Å². The molecule has 7 heteroatoms. The van der Waals surface area contributed by atoms with Crippen molar-refractivity contribution < 1.29 is 14.1 Å². The maximum absolute atomic E-state index is 12.5. The lowest BCUT2D eigenvalue weighted by atomic mass is 9.84. The SMILES string of the molecule is CO[C@@H]1CC[C@@H](CC(=O)N[C@H]2CC[C@H](CCN3CCN(c4noc5ccccc45)CC3)CC2)C1. The molecule has 34 heavy (non-hydrogen) atoms. The predicted molar refractivity (Wildman–Crippen MR) is 134 cm³/mol. The standard InChI is InChI=1S/C27H40N4O3/c1-33-23-11-8-21(18-23)19-26(32)28-22-9-6-20(7-10-22)12-13-30-14-16-31(17-15-30)27-24-4-2-3-5-25(24)34-29-27/h2-5,20-23H,6-19H2,1H3,(H,28,32)/t20-,21-,22-,23-/m1/s1. The predicted octanol–water partition coefficient (Wildman–Crippen LogP) is 4.22. The summed E-state index contributed by atoms with van der Waals surface area (Å²) in [4.78, 5) is 17.4. The van der Waals surface area contributed by atoms with Crippen LogP contribution in [0.3, 0.4) is 0 Å². The van der Waals surface area contributed by atoms with Crippen LogP contribution in [-0.4, -0.2) is 67.9 Å². The number of nitrogens with zero attached hydrogens (tertiary/aromatic N) is 3. The van der Waals surface area contributed by atoms with E-state index >= 15 is 0 Å². The van der Waals surface area contributed by atoms with Gasteiger partial charge in [-0.1, -0.05) is 17.3 Å². The molecule has 0 bridgehead atoms. The average molecular weight is 469 g/mol. The Morgan fingerprint density at radius 1 is 1.06 bits per heavy atom. The molecule has 2 atom stereocenters. The molecule has 2 saturated carbocycles. The van der Waals surface area contributed by atoms with Crippen LogP contribution in [-0.2, 0) is 9.53 Å². The normalized spacial score (nSPS) is 28.4. The van der Waals surface area contributed by atoms with Crippen molar-refractivity contribution in [2.75, 3.05) is 44.7 Å². The molecule has 1 aromatic carbocycles. The van der Waals surface area contributed by atoms with Crippen LogP contribution in [0.5, 0.6) is 0 Å². The van der Waals surface area contributed by atoms with Gasteiger partial charge in [0.15, 0.2) is 11.4 Å². The molecule has 2 aromatic rings. The molecule has 0 unspecified atom stereocenters. The number of piperazine rings is 1. The van der Waals surface area contributed by atoms with E-state index in [-0.39, 0.29) is 5.91 Å². The van der Waals surface area contributed by atoms with Crippen molar-refractivity contribution in [3.05, 3.63) is 24.3 Å². The third kappa shape index (κ3) is 5.74. The second-order valence-electron chi connectivity index (χ2n) is 10.6. The number of nitrogens with one attached hydrogen (secondary N) is 1. The minimum Gasteiger partial charge on any atom is -0.381 e. The zero-order valence-corrected chi connectivity index (χ0v) is 20.6. The van der Waals surface area contributed by atoms with Gasteiger partial charge in [-0.2, -0.15) is 0 Å². The van der Waals surface area contributed by atoms with Crippen LogP contribution in [0.25, 0.3) is 11.0 Å². The third-order valence-electron chi connectivity index (χ3n) is 8.40. The largest absolute Gasteiger partial charge is 0.381 e. The minimum absolute atomic E-state index is 0.253. The number of aromatic nitrogens is 1. The van der Waals surface area contributed by atoms with E-state index in [4.69, 9.17) is 9.26 Å². The lowest BCUT2D eigenvalue weighted by Crippen LogP contribution is -2.47. The zero-order valence-electron chi connectivity index (χ0n) is 20.6. The molecule has 5 rings (SSSR count). The number of rotatable bonds is 8. The van der Waals surface area contributed by atoms with Crippen LogP contribution in [0, 0.1) is 11.8 Å². The van der Waals surface area contributed by atoms with Gasteiger partial charge in [-0.05, 0) is 81.9 Å². The van der Waals surface area contributed by atoms with Gasteiger partial charge in [0.2, 0.25) is 5.91 Å². The number of hydrogen-bond acceptors (Lipinski definition) is 6. The summed E-state index contributed by atoms with van der Waals surface area (Å²) in [5.41, 5.74) is 0.866. The Labute approximate surface area is 203 Å². The third-order valence-corrected chi connectivity index (χ3v) is 8.40. The summed E-state index contributed by atoms with van der Waals surface area (Å²) in [6, 6.07) is 8.49. The van der Waals surface area contributed by atoms with Crippen LogP contribution in [0.15, 0.2) is 28.8 Å². The van der Waals surface area contributed by atoms with E-state index in [2.05, 4.69) is 26.3 Å². The van der Waals surface area contributed by atoms with Gasteiger partial charge in [0, 0.05) is 45.8 Å². The lowest BCUT2D eigenvalue weighted by Gasteiger charge is -2.36. The number of carbonyl (C=O) groups excluding carboxylic acids is 1. The lowest BCUT2D eigenvalue weighted by molar-refractivity contribution is -0.123.